The lowest BCUT2D eigenvalue weighted by Gasteiger charge is -2.26. The van der Waals surface area contributed by atoms with Crippen LogP contribution in [0.5, 0.6) is 0 Å². The van der Waals surface area contributed by atoms with Gasteiger partial charge in [-0.15, -0.1) is 0 Å². The van der Waals surface area contributed by atoms with Gasteiger partial charge in [-0.1, -0.05) is 34.6 Å². The molecule has 80 valence electrons. The molecule has 0 spiro atoms. The molecule has 0 saturated heterocycles. The molecule has 0 amide bonds. The van der Waals surface area contributed by atoms with E-state index in [1.54, 1.807) is 0 Å². The van der Waals surface area contributed by atoms with Crippen molar-refractivity contribution in [1.29, 1.82) is 0 Å². The van der Waals surface area contributed by atoms with Gasteiger partial charge in [0.25, 0.3) is 0 Å². The first kappa shape index (κ1) is 13.0. The van der Waals surface area contributed by atoms with Gasteiger partial charge >= 0.3 is 0 Å². The van der Waals surface area contributed by atoms with Gasteiger partial charge in [0.1, 0.15) is 0 Å². The van der Waals surface area contributed by atoms with E-state index in [2.05, 4.69) is 47.0 Å². The Morgan fingerprint density at radius 2 is 1.62 bits per heavy atom. The molecular weight excluding hydrogens is 158 g/mol. The van der Waals surface area contributed by atoms with Crippen LogP contribution in [0.4, 0.5) is 0 Å². The number of hydrogen-bond acceptors (Lipinski definition) is 1. The zero-order valence-corrected chi connectivity index (χ0v) is 10.3. The zero-order chi connectivity index (χ0) is 10.5. The number of rotatable bonds is 5. The third-order valence-electron chi connectivity index (χ3n) is 2.36. The molecule has 0 aromatic heterocycles. The molecule has 1 unspecified atom stereocenters. The lowest BCUT2D eigenvalue weighted by Crippen LogP contribution is -2.30. The van der Waals surface area contributed by atoms with Gasteiger partial charge in [-0.3, -0.25) is 0 Å². The molecule has 0 aromatic carbocycles. The molecular formula is C12H27N. The molecule has 1 heteroatoms. The first-order valence-corrected chi connectivity index (χ1v) is 5.52. The van der Waals surface area contributed by atoms with Crippen LogP contribution in [0.3, 0.4) is 0 Å². The Bertz CT molecular complexity index is 122. The minimum Gasteiger partial charge on any atom is -0.317 e. The SMILES string of the molecule is CNC(CCC(C)C)CC(C)(C)C. The van der Waals surface area contributed by atoms with Gasteiger partial charge in [0.05, 0.1) is 0 Å². The van der Waals surface area contributed by atoms with E-state index in [1.807, 2.05) is 0 Å². The average Bonchev–Trinajstić information content (AvgIpc) is 1.95. The van der Waals surface area contributed by atoms with Crippen molar-refractivity contribution >= 4 is 0 Å². The van der Waals surface area contributed by atoms with Crippen molar-refractivity contribution in [2.75, 3.05) is 7.05 Å². The lowest BCUT2D eigenvalue weighted by atomic mass is 9.86. The largest absolute Gasteiger partial charge is 0.317 e. The fraction of sp³-hybridized carbons (Fsp3) is 1.00. The summed E-state index contributed by atoms with van der Waals surface area (Å²) in [5.74, 6) is 0.829. The van der Waals surface area contributed by atoms with Crippen molar-refractivity contribution in [3.05, 3.63) is 0 Å². The molecule has 0 aromatic rings. The highest BCUT2D eigenvalue weighted by Crippen LogP contribution is 2.23. The van der Waals surface area contributed by atoms with Crippen molar-refractivity contribution < 1.29 is 0 Å². The van der Waals surface area contributed by atoms with Crippen LogP contribution in [0, 0.1) is 11.3 Å². The fourth-order valence-electron chi connectivity index (χ4n) is 1.62. The first-order chi connectivity index (χ1) is 5.85. The van der Waals surface area contributed by atoms with E-state index in [0.717, 1.165) is 5.92 Å². The Morgan fingerprint density at radius 1 is 1.08 bits per heavy atom. The van der Waals surface area contributed by atoms with E-state index in [-0.39, 0.29) is 0 Å². The normalized spacial score (nSPS) is 15.0. The standard InChI is InChI=1S/C12H27N/c1-10(2)7-8-11(13-6)9-12(3,4)5/h10-11,13H,7-9H2,1-6H3. The molecule has 0 radical (unpaired) electrons. The molecule has 0 bridgehead atoms. The minimum atomic E-state index is 0.449. The molecule has 0 heterocycles. The highest BCUT2D eigenvalue weighted by molar-refractivity contribution is 4.73. The lowest BCUT2D eigenvalue weighted by molar-refractivity contribution is 0.297. The maximum atomic E-state index is 3.41. The van der Waals surface area contributed by atoms with Gasteiger partial charge in [-0.2, -0.15) is 0 Å². The van der Waals surface area contributed by atoms with Gasteiger partial charge in [0.15, 0.2) is 0 Å². The van der Waals surface area contributed by atoms with Crippen molar-refractivity contribution in [1.82, 2.24) is 5.32 Å². The van der Waals surface area contributed by atoms with E-state index in [9.17, 15) is 0 Å². The Morgan fingerprint density at radius 3 is 1.92 bits per heavy atom. The third kappa shape index (κ3) is 8.29. The molecule has 0 aliphatic rings. The van der Waals surface area contributed by atoms with Crippen LogP contribution >= 0.6 is 0 Å². The summed E-state index contributed by atoms with van der Waals surface area (Å²) in [6, 6.07) is 0.697. The molecule has 1 nitrogen and oxygen atoms in total. The monoisotopic (exact) mass is 185 g/mol. The van der Waals surface area contributed by atoms with E-state index in [1.165, 1.54) is 19.3 Å². The first-order valence-electron chi connectivity index (χ1n) is 5.52. The Kier molecular flexibility index (Phi) is 5.62. The van der Waals surface area contributed by atoms with Crippen LogP contribution in [0.1, 0.15) is 53.9 Å². The summed E-state index contributed by atoms with van der Waals surface area (Å²) in [6.45, 7) is 11.5. The Balaban J connectivity index is 3.76. The van der Waals surface area contributed by atoms with E-state index in [0.29, 0.717) is 11.5 Å². The summed E-state index contributed by atoms with van der Waals surface area (Å²) in [5.41, 5.74) is 0.449. The summed E-state index contributed by atoms with van der Waals surface area (Å²) in [7, 11) is 2.08. The van der Waals surface area contributed by atoms with Gasteiger partial charge in [0, 0.05) is 6.04 Å². The highest BCUT2D eigenvalue weighted by Gasteiger charge is 2.17. The van der Waals surface area contributed by atoms with Crippen LogP contribution < -0.4 is 5.32 Å². The molecule has 0 aliphatic heterocycles. The van der Waals surface area contributed by atoms with Crippen molar-refractivity contribution in [2.45, 2.75) is 59.9 Å². The van der Waals surface area contributed by atoms with Gasteiger partial charge in [-0.25, -0.2) is 0 Å². The topological polar surface area (TPSA) is 12.0 Å². The van der Waals surface area contributed by atoms with Crippen LogP contribution in [-0.4, -0.2) is 13.1 Å². The fourth-order valence-corrected chi connectivity index (χ4v) is 1.62. The summed E-state index contributed by atoms with van der Waals surface area (Å²) in [6.07, 6.45) is 3.92. The summed E-state index contributed by atoms with van der Waals surface area (Å²) in [5, 5.41) is 3.41. The van der Waals surface area contributed by atoms with E-state index in [4.69, 9.17) is 0 Å². The third-order valence-corrected chi connectivity index (χ3v) is 2.36. The van der Waals surface area contributed by atoms with Gasteiger partial charge in [0.2, 0.25) is 0 Å². The average molecular weight is 185 g/mol. The maximum absolute atomic E-state index is 3.41. The minimum absolute atomic E-state index is 0.449. The Hall–Kier alpha value is -0.0400. The molecule has 0 aliphatic carbocycles. The van der Waals surface area contributed by atoms with Gasteiger partial charge < -0.3 is 5.32 Å². The van der Waals surface area contributed by atoms with Crippen molar-refractivity contribution in [3.63, 3.8) is 0 Å². The quantitative estimate of drug-likeness (QED) is 0.692. The van der Waals surface area contributed by atoms with Crippen LogP contribution in [0.2, 0.25) is 0 Å². The predicted octanol–water partition coefficient (Wildman–Crippen LogP) is 3.45. The second kappa shape index (κ2) is 5.64. The molecule has 0 fully saturated rings. The maximum Gasteiger partial charge on any atom is 0.00691 e. The highest BCUT2D eigenvalue weighted by atomic mass is 14.9. The van der Waals surface area contributed by atoms with Crippen molar-refractivity contribution in [2.24, 2.45) is 11.3 Å². The summed E-state index contributed by atoms with van der Waals surface area (Å²) >= 11 is 0. The molecule has 0 rings (SSSR count). The molecule has 1 atom stereocenters. The van der Waals surface area contributed by atoms with Crippen LogP contribution in [-0.2, 0) is 0 Å². The van der Waals surface area contributed by atoms with E-state index < -0.39 is 0 Å². The Labute approximate surface area is 84.3 Å². The second-order valence-corrected chi connectivity index (χ2v) is 5.72. The predicted molar refractivity (Wildman–Crippen MR) is 61.0 cm³/mol. The second-order valence-electron chi connectivity index (χ2n) is 5.72. The number of hydrogen-bond donors (Lipinski definition) is 1. The summed E-state index contributed by atoms with van der Waals surface area (Å²) in [4.78, 5) is 0. The molecule has 1 N–H and O–H groups in total. The number of nitrogens with one attached hydrogen (secondary N) is 1. The van der Waals surface area contributed by atoms with Crippen molar-refractivity contribution in [3.8, 4) is 0 Å². The zero-order valence-electron chi connectivity index (χ0n) is 10.3. The van der Waals surface area contributed by atoms with Crippen LogP contribution in [0.25, 0.3) is 0 Å². The van der Waals surface area contributed by atoms with E-state index >= 15 is 0 Å². The summed E-state index contributed by atoms with van der Waals surface area (Å²) < 4.78 is 0. The van der Waals surface area contributed by atoms with Crippen LogP contribution in [0.15, 0.2) is 0 Å². The molecule has 13 heavy (non-hydrogen) atoms. The van der Waals surface area contributed by atoms with Gasteiger partial charge in [-0.05, 0) is 37.6 Å². The smallest absolute Gasteiger partial charge is 0.00691 e. The molecule has 0 saturated carbocycles.